The second-order valence-corrected chi connectivity index (χ2v) is 6.47. The number of morpholine rings is 1. The quantitative estimate of drug-likeness (QED) is 0.802. The van der Waals surface area contributed by atoms with E-state index < -0.39 is 0 Å². The molecule has 1 aromatic heterocycles. The van der Waals surface area contributed by atoms with Crippen LogP contribution in [0.15, 0.2) is 12.3 Å². The lowest BCUT2D eigenvalue weighted by Crippen LogP contribution is -2.40. The summed E-state index contributed by atoms with van der Waals surface area (Å²) in [5, 5.41) is 6.09. The number of nitrogens with one attached hydrogen (secondary N) is 2. The fourth-order valence-corrected chi connectivity index (χ4v) is 2.67. The largest absolute Gasteiger partial charge is 0.378 e. The zero-order valence-electron chi connectivity index (χ0n) is 13.4. The second-order valence-electron chi connectivity index (χ2n) is 6.06. The smallest absolute Gasteiger partial charge is 0.255 e. The van der Waals surface area contributed by atoms with Crippen molar-refractivity contribution in [1.29, 1.82) is 0 Å². The highest BCUT2D eigenvalue weighted by Gasteiger charge is 2.22. The van der Waals surface area contributed by atoms with E-state index in [0.717, 1.165) is 6.54 Å². The van der Waals surface area contributed by atoms with Crippen LogP contribution >= 0.6 is 11.6 Å². The number of pyridine rings is 1. The molecule has 130 valence electrons. The number of aromatic nitrogens is 1. The molecule has 2 N–H and O–H groups in total. The number of hydrogen-bond donors (Lipinski definition) is 2. The number of anilines is 1. The van der Waals surface area contributed by atoms with E-state index in [-0.39, 0.29) is 18.4 Å². The Morgan fingerprint density at radius 1 is 1.33 bits per heavy atom. The molecule has 8 heteroatoms. The minimum Gasteiger partial charge on any atom is -0.378 e. The van der Waals surface area contributed by atoms with Crippen molar-refractivity contribution in [1.82, 2.24) is 15.2 Å². The van der Waals surface area contributed by atoms with Crippen LogP contribution in [0.4, 0.5) is 5.82 Å². The van der Waals surface area contributed by atoms with E-state index in [2.05, 4.69) is 15.6 Å². The van der Waals surface area contributed by atoms with E-state index in [4.69, 9.17) is 16.3 Å². The van der Waals surface area contributed by atoms with Gasteiger partial charge in [0.1, 0.15) is 5.82 Å². The van der Waals surface area contributed by atoms with Crippen LogP contribution in [-0.2, 0) is 9.53 Å². The first kappa shape index (κ1) is 17.0. The summed E-state index contributed by atoms with van der Waals surface area (Å²) in [6.07, 6.45) is 3.87. The number of nitrogens with zero attached hydrogens (tertiary/aromatic N) is 2. The molecule has 0 aromatic carbocycles. The van der Waals surface area contributed by atoms with Gasteiger partial charge in [0.2, 0.25) is 5.91 Å². The third-order valence-electron chi connectivity index (χ3n) is 4.09. The van der Waals surface area contributed by atoms with Gasteiger partial charge < -0.3 is 20.3 Å². The topological polar surface area (TPSA) is 83.6 Å². The van der Waals surface area contributed by atoms with Crippen LogP contribution in [0.3, 0.4) is 0 Å². The number of carbonyl (C=O) groups is 2. The Hall–Kier alpha value is -1.86. The van der Waals surface area contributed by atoms with Crippen LogP contribution in [0.2, 0.25) is 5.02 Å². The molecule has 2 heterocycles. The molecule has 0 atom stereocenters. The maximum Gasteiger partial charge on any atom is 0.255 e. The van der Waals surface area contributed by atoms with E-state index >= 15 is 0 Å². The Balaban J connectivity index is 1.53. The summed E-state index contributed by atoms with van der Waals surface area (Å²) in [6, 6.07) is 1.58. The number of ether oxygens (including phenoxy) is 1. The molecule has 0 bridgehead atoms. The lowest BCUT2D eigenvalue weighted by atomic mass is 10.2. The maximum absolute atomic E-state index is 12.4. The molecular formula is C16H21ClN4O3. The van der Waals surface area contributed by atoms with Crippen LogP contribution in [-0.4, -0.2) is 61.1 Å². The fraction of sp³-hybridized carbons (Fsp3) is 0.562. The number of rotatable bonds is 6. The third-order valence-corrected chi connectivity index (χ3v) is 4.38. The van der Waals surface area contributed by atoms with Crippen molar-refractivity contribution in [3.05, 3.63) is 22.8 Å². The first-order valence-corrected chi connectivity index (χ1v) is 8.54. The molecular weight excluding hydrogens is 332 g/mol. The molecule has 7 nitrogen and oxygen atoms in total. The zero-order valence-corrected chi connectivity index (χ0v) is 14.1. The highest BCUT2D eigenvalue weighted by Crippen LogP contribution is 2.27. The van der Waals surface area contributed by atoms with Crippen LogP contribution in [0.25, 0.3) is 0 Å². The predicted octanol–water partition coefficient (Wildman–Crippen LogP) is 1.15. The summed E-state index contributed by atoms with van der Waals surface area (Å²) in [6.45, 7) is 3.06. The van der Waals surface area contributed by atoms with Gasteiger partial charge in [-0.15, -0.1) is 0 Å². The Kier molecular flexibility index (Phi) is 5.52. The van der Waals surface area contributed by atoms with Gasteiger partial charge >= 0.3 is 0 Å². The first-order valence-electron chi connectivity index (χ1n) is 8.16. The monoisotopic (exact) mass is 352 g/mol. The van der Waals surface area contributed by atoms with Crippen molar-refractivity contribution in [2.45, 2.75) is 12.8 Å². The van der Waals surface area contributed by atoms with E-state index in [9.17, 15) is 9.59 Å². The molecule has 1 aromatic rings. The molecule has 24 heavy (non-hydrogen) atoms. The van der Waals surface area contributed by atoms with Gasteiger partial charge in [0, 0.05) is 25.8 Å². The SMILES string of the molecule is O=C(CNc1ncc(C(=O)N2CCOCC2)cc1Cl)NCC1CC1. The Morgan fingerprint density at radius 3 is 2.75 bits per heavy atom. The third kappa shape index (κ3) is 4.58. The minimum atomic E-state index is -0.110. The van der Waals surface area contributed by atoms with E-state index in [0.29, 0.717) is 48.6 Å². The molecule has 0 unspecified atom stereocenters. The number of halogens is 1. The maximum atomic E-state index is 12.4. The van der Waals surface area contributed by atoms with E-state index in [1.54, 1.807) is 11.0 Å². The van der Waals surface area contributed by atoms with Gasteiger partial charge in [-0.1, -0.05) is 11.6 Å². The average molecular weight is 353 g/mol. The highest BCUT2D eigenvalue weighted by molar-refractivity contribution is 6.33. The van der Waals surface area contributed by atoms with Crippen molar-refractivity contribution < 1.29 is 14.3 Å². The number of carbonyl (C=O) groups excluding carboxylic acids is 2. The lowest BCUT2D eigenvalue weighted by molar-refractivity contribution is -0.119. The molecule has 1 saturated heterocycles. The molecule has 1 saturated carbocycles. The Labute approximate surface area is 145 Å². The summed E-state index contributed by atoms with van der Waals surface area (Å²) in [5.74, 6) is 0.840. The van der Waals surface area contributed by atoms with Gasteiger partial charge in [0.05, 0.1) is 30.3 Å². The fourth-order valence-electron chi connectivity index (χ4n) is 2.44. The number of hydrogen-bond acceptors (Lipinski definition) is 5. The normalized spacial score (nSPS) is 17.5. The second kappa shape index (κ2) is 7.81. The minimum absolute atomic E-state index is 0.0896. The molecule has 1 aliphatic heterocycles. The molecule has 0 spiro atoms. The molecule has 1 aliphatic carbocycles. The molecule has 2 fully saturated rings. The van der Waals surface area contributed by atoms with Crippen LogP contribution < -0.4 is 10.6 Å². The highest BCUT2D eigenvalue weighted by atomic mass is 35.5. The summed E-state index contributed by atoms with van der Waals surface area (Å²) in [5.41, 5.74) is 0.436. The van der Waals surface area contributed by atoms with Crippen molar-refractivity contribution in [3.8, 4) is 0 Å². The molecule has 2 aliphatic rings. The van der Waals surface area contributed by atoms with Gasteiger partial charge in [-0.05, 0) is 24.8 Å². The van der Waals surface area contributed by atoms with Gasteiger partial charge in [-0.3, -0.25) is 9.59 Å². The predicted molar refractivity (Wildman–Crippen MR) is 90.2 cm³/mol. The summed E-state index contributed by atoms with van der Waals surface area (Å²) in [4.78, 5) is 30.0. The van der Waals surface area contributed by atoms with Crippen LogP contribution in [0.5, 0.6) is 0 Å². The van der Waals surface area contributed by atoms with Crippen LogP contribution in [0, 0.1) is 5.92 Å². The van der Waals surface area contributed by atoms with Crippen molar-refractivity contribution in [3.63, 3.8) is 0 Å². The molecule has 2 amide bonds. The zero-order chi connectivity index (χ0) is 16.9. The standard InChI is InChI=1S/C16H21ClN4O3/c17-13-7-12(16(23)21-3-5-24-6-4-21)9-19-15(13)20-10-14(22)18-8-11-1-2-11/h7,9,11H,1-6,8,10H2,(H,18,22)(H,19,20). The van der Waals surface area contributed by atoms with Gasteiger partial charge in [-0.25, -0.2) is 4.98 Å². The summed E-state index contributed by atoms with van der Waals surface area (Å²) in [7, 11) is 0. The number of amides is 2. The van der Waals surface area contributed by atoms with Gasteiger partial charge in [0.15, 0.2) is 0 Å². The Bertz CT molecular complexity index is 615. The molecule has 0 radical (unpaired) electrons. The van der Waals surface area contributed by atoms with Gasteiger partial charge in [0.25, 0.3) is 5.91 Å². The first-order chi connectivity index (χ1) is 11.6. The van der Waals surface area contributed by atoms with E-state index in [1.165, 1.54) is 19.0 Å². The van der Waals surface area contributed by atoms with E-state index in [1.807, 2.05) is 0 Å². The van der Waals surface area contributed by atoms with Crippen LogP contribution in [0.1, 0.15) is 23.2 Å². The van der Waals surface area contributed by atoms with Crippen molar-refractivity contribution >= 4 is 29.2 Å². The van der Waals surface area contributed by atoms with Gasteiger partial charge in [-0.2, -0.15) is 0 Å². The summed E-state index contributed by atoms with van der Waals surface area (Å²) < 4.78 is 5.24. The van der Waals surface area contributed by atoms with Crippen molar-refractivity contribution in [2.75, 3.05) is 44.7 Å². The van der Waals surface area contributed by atoms with Crippen molar-refractivity contribution in [2.24, 2.45) is 5.92 Å². The Morgan fingerprint density at radius 2 is 2.08 bits per heavy atom. The summed E-state index contributed by atoms with van der Waals surface area (Å²) >= 11 is 6.18. The lowest BCUT2D eigenvalue weighted by Gasteiger charge is -2.26. The molecule has 3 rings (SSSR count). The average Bonchev–Trinajstić information content (AvgIpc) is 3.43.